The third kappa shape index (κ3) is 5.04. The molecule has 0 fully saturated rings. The van der Waals surface area contributed by atoms with Gasteiger partial charge in [-0.2, -0.15) is 0 Å². The highest BCUT2D eigenvalue weighted by Gasteiger charge is 2.07. The summed E-state index contributed by atoms with van der Waals surface area (Å²) >= 11 is 0. The van der Waals surface area contributed by atoms with Crippen LogP contribution in [0.2, 0.25) is 0 Å². The molecule has 0 heterocycles. The summed E-state index contributed by atoms with van der Waals surface area (Å²) in [5, 5.41) is 6.62. The van der Waals surface area contributed by atoms with Crippen LogP contribution in [0.3, 0.4) is 0 Å². The third-order valence-electron chi connectivity index (χ3n) is 2.70. The van der Waals surface area contributed by atoms with Crippen LogP contribution >= 0.6 is 9.24 Å². The van der Waals surface area contributed by atoms with E-state index < -0.39 is 0 Å². The Balaban J connectivity index is 2.99. The summed E-state index contributed by atoms with van der Waals surface area (Å²) in [5.41, 5.74) is 1.60. The highest BCUT2D eigenvalue weighted by atomic mass is 31.0. The SMILES string of the molecule is C=C/C(OC)=C(\C=C/C)CNc1cc(P)ccc1ON=O. The quantitative estimate of drug-likeness (QED) is 0.263. The molecule has 112 valence electrons. The van der Waals surface area contributed by atoms with Crippen molar-refractivity contribution in [1.29, 1.82) is 0 Å². The zero-order chi connectivity index (χ0) is 15.7. The summed E-state index contributed by atoms with van der Waals surface area (Å²) in [7, 11) is 4.18. The minimum atomic E-state index is 0.369. The lowest BCUT2D eigenvalue weighted by molar-refractivity contribution is 0.303. The fourth-order valence-electron chi connectivity index (χ4n) is 1.77. The zero-order valence-corrected chi connectivity index (χ0v) is 13.3. The lowest BCUT2D eigenvalue weighted by Crippen LogP contribution is -2.08. The second kappa shape index (κ2) is 8.93. The Hall–Kier alpha value is -2.13. The molecule has 0 saturated heterocycles. The van der Waals surface area contributed by atoms with Crippen LogP contribution in [-0.4, -0.2) is 13.7 Å². The Kier molecular flexibility index (Phi) is 7.19. The first kappa shape index (κ1) is 16.9. The predicted octanol–water partition coefficient (Wildman–Crippen LogP) is 3.32. The highest BCUT2D eigenvalue weighted by molar-refractivity contribution is 7.27. The van der Waals surface area contributed by atoms with Crippen LogP contribution in [0.1, 0.15) is 6.92 Å². The number of hydrogen-bond acceptors (Lipinski definition) is 5. The van der Waals surface area contributed by atoms with Crippen LogP contribution in [-0.2, 0) is 4.74 Å². The van der Waals surface area contributed by atoms with Crippen molar-refractivity contribution >= 4 is 20.2 Å². The van der Waals surface area contributed by atoms with Crippen LogP contribution in [0, 0.1) is 4.91 Å². The molecule has 0 aromatic heterocycles. The van der Waals surface area contributed by atoms with E-state index in [2.05, 4.69) is 26.5 Å². The number of methoxy groups -OCH3 is 1. The molecule has 1 atom stereocenters. The van der Waals surface area contributed by atoms with E-state index >= 15 is 0 Å². The van der Waals surface area contributed by atoms with Crippen LogP contribution in [0.4, 0.5) is 5.69 Å². The maximum Gasteiger partial charge on any atom is 0.184 e. The molecule has 0 saturated carbocycles. The number of rotatable bonds is 8. The molecule has 0 radical (unpaired) electrons. The maximum absolute atomic E-state index is 10.3. The van der Waals surface area contributed by atoms with E-state index in [-0.39, 0.29) is 0 Å². The summed E-state index contributed by atoms with van der Waals surface area (Å²) in [6, 6.07) is 5.33. The monoisotopic (exact) mass is 306 g/mol. The molecule has 0 aliphatic rings. The van der Waals surface area contributed by atoms with E-state index in [1.807, 2.05) is 31.2 Å². The molecular weight excluding hydrogens is 287 g/mol. The van der Waals surface area contributed by atoms with Crippen molar-refractivity contribution in [2.45, 2.75) is 6.92 Å². The van der Waals surface area contributed by atoms with Gasteiger partial charge in [-0.05, 0) is 30.4 Å². The number of nitrogens with zero attached hydrogens (tertiary/aromatic N) is 1. The van der Waals surface area contributed by atoms with Gasteiger partial charge in [-0.1, -0.05) is 24.8 Å². The minimum absolute atomic E-state index is 0.369. The Morgan fingerprint density at radius 3 is 2.86 bits per heavy atom. The van der Waals surface area contributed by atoms with Crippen molar-refractivity contribution in [3.05, 3.63) is 59.2 Å². The Morgan fingerprint density at radius 1 is 1.52 bits per heavy atom. The van der Waals surface area contributed by atoms with E-state index in [0.29, 0.717) is 23.7 Å². The van der Waals surface area contributed by atoms with Crippen molar-refractivity contribution < 1.29 is 9.57 Å². The molecule has 1 N–H and O–H groups in total. The van der Waals surface area contributed by atoms with Gasteiger partial charge in [-0.25, -0.2) is 0 Å². The molecule has 0 spiro atoms. The molecule has 1 aromatic rings. The van der Waals surface area contributed by atoms with Gasteiger partial charge in [0.1, 0.15) is 5.76 Å². The van der Waals surface area contributed by atoms with Gasteiger partial charge in [-0.3, -0.25) is 0 Å². The molecule has 5 nitrogen and oxygen atoms in total. The summed E-state index contributed by atoms with van der Waals surface area (Å²) in [6.45, 7) is 6.13. The van der Waals surface area contributed by atoms with Gasteiger partial charge in [0.05, 0.1) is 12.8 Å². The number of hydrogen-bond donors (Lipinski definition) is 1. The zero-order valence-electron chi connectivity index (χ0n) is 12.1. The summed E-state index contributed by atoms with van der Waals surface area (Å²) in [4.78, 5) is 15.0. The van der Waals surface area contributed by atoms with Crippen LogP contribution in [0.5, 0.6) is 5.75 Å². The topological polar surface area (TPSA) is 59.9 Å². The molecule has 21 heavy (non-hydrogen) atoms. The summed E-state index contributed by atoms with van der Waals surface area (Å²) in [6.07, 6.45) is 5.49. The Morgan fingerprint density at radius 2 is 2.29 bits per heavy atom. The lowest BCUT2D eigenvalue weighted by Gasteiger charge is -2.13. The smallest absolute Gasteiger partial charge is 0.184 e. The molecule has 1 unspecified atom stereocenters. The molecule has 0 aliphatic heterocycles. The Labute approximate surface area is 126 Å². The second-order valence-electron chi connectivity index (χ2n) is 4.07. The van der Waals surface area contributed by atoms with Crippen molar-refractivity contribution in [2.75, 3.05) is 19.0 Å². The molecule has 1 rings (SSSR count). The maximum atomic E-state index is 10.3. The first-order valence-corrected chi connectivity index (χ1v) is 6.89. The number of nitrogens with one attached hydrogen (secondary N) is 1. The predicted molar refractivity (Wildman–Crippen MR) is 89.7 cm³/mol. The molecule has 1 aromatic carbocycles. The van der Waals surface area contributed by atoms with E-state index in [1.54, 1.807) is 19.3 Å². The van der Waals surface area contributed by atoms with E-state index in [4.69, 9.17) is 9.57 Å². The average Bonchev–Trinajstić information content (AvgIpc) is 2.48. The number of anilines is 1. The lowest BCUT2D eigenvalue weighted by atomic mass is 10.2. The van der Waals surface area contributed by atoms with Crippen molar-refractivity contribution in [2.24, 2.45) is 5.34 Å². The largest absolute Gasteiger partial charge is 0.496 e. The second-order valence-corrected chi connectivity index (χ2v) is 4.74. The number of benzene rings is 1. The van der Waals surface area contributed by atoms with Gasteiger partial charge in [0.2, 0.25) is 0 Å². The van der Waals surface area contributed by atoms with Gasteiger partial charge in [0.15, 0.2) is 11.1 Å². The number of allylic oxidation sites excluding steroid dienone is 2. The fourth-order valence-corrected chi connectivity index (χ4v) is 2.03. The first-order valence-electron chi connectivity index (χ1n) is 6.31. The summed E-state index contributed by atoms with van der Waals surface area (Å²) < 4.78 is 5.27. The highest BCUT2D eigenvalue weighted by Crippen LogP contribution is 2.24. The standard InChI is InChI=1S/C15H19N2O3P/c1-4-6-11(14(5-2)19-3)10-16-13-9-12(21)7-8-15(13)20-17-18/h4-9,16H,2,10,21H2,1,3H3/b6-4-,14-11-. The average molecular weight is 306 g/mol. The molecule has 0 aliphatic carbocycles. The fraction of sp³-hybridized carbons (Fsp3) is 0.200. The molecule has 6 heteroatoms. The van der Waals surface area contributed by atoms with Crippen LogP contribution < -0.4 is 15.5 Å². The normalized spacial score (nSPS) is 11.8. The minimum Gasteiger partial charge on any atom is -0.496 e. The molecule has 0 bridgehead atoms. The van der Waals surface area contributed by atoms with Gasteiger partial charge in [-0.15, -0.1) is 14.1 Å². The van der Waals surface area contributed by atoms with Crippen molar-refractivity contribution in [3.63, 3.8) is 0 Å². The van der Waals surface area contributed by atoms with Gasteiger partial charge < -0.3 is 14.9 Å². The van der Waals surface area contributed by atoms with Crippen molar-refractivity contribution in [1.82, 2.24) is 0 Å². The summed E-state index contributed by atoms with van der Waals surface area (Å²) in [5.74, 6) is 1.05. The van der Waals surface area contributed by atoms with E-state index in [0.717, 1.165) is 10.9 Å². The first-order chi connectivity index (χ1) is 10.2. The number of ether oxygens (including phenoxy) is 1. The van der Waals surface area contributed by atoms with Gasteiger partial charge >= 0.3 is 0 Å². The molecule has 0 amide bonds. The van der Waals surface area contributed by atoms with Gasteiger partial charge in [0.25, 0.3) is 0 Å². The Bertz CT molecular complexity index is 568. The van der Waals surface area contributed by atoms with E-state index in [1.165, 1.54) is 0 Å². The van der Waals surface area contributed by atoms with Crippen LogP contribution in [0.25, 0.3) is 0 Å². The van der Waals surface area contributed by atoms with Crippen molar-refractivity contribution in [3.8, 4) is 5.75 Å². The van der Waals surface area contributed by atoms with E-state index in [9.17, 15) is 4.91 Å². The molecular formula is C15H19N2O3P. The third-order valence-corrected chi connectivity index (χ3v) is 3.06. The van der Waals surface area contributed by atoms with Gasteiger partial charge in [0, 0.05) is 12.1 Å². The van der Waals surface area contributed by atoms with Crippen LogP contribution in [0.15, 0.2) is 59.7 Å².